The average Bonchev–Trinajstić information content (AvgIpc) is 3.08. The Labute approximate surface area is 129 Å². The van der Waals surface area contributed by atoms with E-state index in [1.165, 1.54) is 17.5 Å². The molecule has 0 aliphatic rings. The zero-order chi connectivity index (χ0) is 15.3. The van der Waals surface area contributed by atoms with Crippen LogP contribution in [0.15, 0.2) is 28.7 Å². The van der Waals surface area contributed by atoms with Crippen LogP contribution < -0.4 is 10.0 Å². The van der Waals surface area contributed by atoms with Crippen LogP contribution in [0.3, 0.4) is 0 Å². The molecule has 0 saturated heterocycles. The summed E-state index contributed by atoms with van der Waals surface area (Å²) in [4.78, 5) is 1.01. The molecule has 0 aromatic carbocycles. The first-order chi connectivity index (χ1) is 10.0. The first-order valence-corrected chi connectivity index (χ1v) is 9.20. The molecule has 116 valence electrons. The van der Waals surface area contributed by atoms with E-state index in [1.807, 2.05) is 13.0 Å². The van der Waals surface area contributed by atoms with Gasteiger partial charge in [0.25, 0.3) is 10.0 Å². The highest BCUT2D eigenvalue weighted by atomic mass is 32.2. The highest BCUT2D eigenvalue weighted by molar-refractivity contribution is 7.94. The fourth-order valence-electron chi connectivity index (χ4n) is 1.78. The minimum Gasteiger partial charge on any atom is -0.312 e. The average molecular weight is 328 g/mol. The van der Waals surface area contributed by atoms with Crippen molar-refractivity contribution in [2.75, 3.05) is 11.3 Å². The number of nitrogens with zero attached hydrogens (tertiary/aromatic N) is 2. The monoisotopic (exact) mass is 328 g/mol. The van der Waals surface area contributed by atoms with Crippen LogP contribution in [0.5, 0.6) is 0 Å². The Hall–Kier alpha value is -1.38. The van der Waals surface area contributed by atoms with E-state index in [0.717, 1.165) is 17.8 Å². The Kier molecular flexibility index (Phi) is 5.38. The lowest BCUT2D eigenvalue weighted by atomic mass is 10.4. The summed E-state index contributed by atoms with van der Waals surface area (Å²) in [5.74, 6) is 0. The van der Waals surface area contributed by atoms with Gasteiger partial charge in [0.1, 0.15) is 4.21 Å². The Balaban J connectivity index is 2.05. The lowest BCUT2D eigenvalue weighted by molar-refractivity contribution is 0.603. The zero-order valence-electron chi connectivity index (χ0n) is 12.2. The van der Waals surface area contributed by atoms with Crippen LogP contribution in [0.1, 0.15) is 25.1 Å². The van der Waals surface area contributed by atoms with Gasteiger partial charge in [0, 0.05) is 24.2 Å². The Bertz CT molecular complexity index is 676. The quantitative estimate of drug-likeness (QED) is 0.729. The molecule has 0 aliphatic heterocycles. The van der Waals surface area contributed by atoms with E-state index in [1.54, 1.807) is 16.9 Å². The molecule has 21 heavy (non-hydrogen) atoms. The molecule has 2 rings (SSSR count). The number of hydrogen-bond donors (Lipinski definition) is 2. The first-order valence-electron chi connectivity index (χ1n) is 6.90. The molecular formula is C13H20N4O2S2. The third kappa shape index (κ3) is 4.29. The van der Waals surface area contributed by atoms with Crippen LogP contribution in [0, 0.1) is 0 Å². The summed E-state index contributed by atoms with van der Waals surface area (Å²) in [6, 6.07) is 3.48. The summed E-state index contributed by atoms with van der Waals surface area (Å²) < 4.78 is 29.1. The topological polar surface area (TPSA) is 76.0 Å². The van der Waals surface area contributed by atoms with E-state index in [-0.39, 0.29) is 0 Å². The number of sulfonamides is 1. The van der Waals surface area contributed by atoms with E-state index < -0.39 is 10.0 Å². The summed E-state index contributed by atoms with van der Waals surface area (Å²) in [5.41, 5.74) is 0.482. The zero-order valence-corrected chi connectivity index (χ0v) is 13.8. The molecule has 6 nitrogen and oxygen atoms in total. The lowest BCUT2D eigenvalue weighted by Gasteiger charge is -2.03. The maximum Gasteiger partial charge on any atom is 0.271 e. The van der Waals surface area contributed by atoms with Gasteiger partial charge < -0.3 is 5.32 Å². The third-order valence-electron chi connectivity index (χ3n) is 2.84. The minimum atomic E-state index is -3.53. The molecule has 0 atom stereocenters. The molecule has 0 aliphatic carbocycles. The normalized spacial score (nSPS) is 11.7. The van der Waals surface area contributed by atoms with E-state index in [9.17, 15) is 8.42 Å². The van der Waals surface area contributed by atoms with Crippen LogP contribution in [0.4, 0.5) is 5.69 Å². The van der Waals surface area contributed by atoms with Gasteiger partial charge in [-0.2, -0.15) is 5.10 Å². The standard InChI is InChI=1S/C13H20N4O2S2/c1-3-7-14-9-12-5-6-13(20-12)21(18,19)16-11-8-15-17(4-2)10-11/h5-6,8,10,14,16H,3-4,7,9H2,1-2H3. The van der Waals surface area contributed by atoms with Gasteiger partial charge in [0.05, 0.1) is 11.9 Å². The Morgan fingerprint density at radius 2 is 2.14 bits per heavy atom. The van der Waals surface area contributed by atoms with Crippen molar-refractivity contribution in [3.8, 4) is 0 Å². The molecule has 2 heterocycles. The fraction of sp³-hybridized carbons (Fsp3) is 0.462. The van der Waals surface area contributed by atoms with Crippen LogP contribution in [0.25, 0.3) is 0 Å². The van der Waals surface area contributed by atoms with Crippen LogP contribution in [0.2, 0.25) is 0 Å². The number of anilines is 1. The van der Waals surface area contributed by atoms with Crippen molar-refractivity contribution < 1.29 is 8.42 Å². The van der Waals surface area contributed by atoms with Crippen molar-refractivity contribution >= 4 is 27.0 Å². The molecule has 0 spiro atoms. The van der Waals surface area contributed by atoms with Crippen molar-refractivity contribution in [2.45, 2.75) is 37.6 Å². The highest BCUT2D eigenvalue weighted by Crippen LogP contribution is 2.23. The summed E-state index contributed by atoms with van der Waals surface area (Å²) in [7, 11) is -3.53. The van der Waals surface area contributed by atoms with E-state index in [2.05, 4.69) is 22.1 Å². The van der Waals surface area contributed by atoms with Gasteiger partial charge in [-0.25, -0.2) is 8.42 Å². The van der Waals surface area contributed by atoms with Gasteiger partial charge in [-0.3, -0.25) is 9.40 Å². The van der Waals surface area contributed by atoms with Crippen LogP contribution >= 0.6 is 11.3 Å². The summed E-state index contributed by atoms with van der Waals surface area (Å²) >= 11 is 1.28. The van der Waals surface area contributed by atoms with Gasteiger partial charge in [0.2, 0.25) is 0 Å². The predicted octanol–water partition coefficient (Wildman–Crippen LogP) is 2.26. The number of rotatable bonds is 8. The van der Waals surface area contributed by atoms with Crippen LogP contribution in [-0.4, -0.2) is 24.7 Å². The van der Waals surface area contributed by atoms with Gasteiger partial charge in [0.15, 0.2) is 0 Å². The van der Waals surface area contributed by atoms with Crippen molar-refractivity contribution in [3.05, 3.63) is 29.4 Å². The molecule has 0 saturated carbocycles. The number of thiophene rings is 1. The van der Waals surface area contributed by atoms with Gasteiger partial charge in [-0.05, 0) is 32.0 Å². The van der Waals surface area contributed by atoms with Gasteiger partial charge in [-0.1, -0.05) is 6.92 Å². The van der Waals surface area contributed by atoms with E-state index >= 15 is 0 Å². The molecule has 0 unspecified atom stereocenters. The first kappa shape index (κ1) is 16.0. The van der Waals surface area contributed by atoms with Crippen molar-refractivity contribution in [2.24, 2.45) is 0 Å². The summed E-state index contributed by atoms with van der Waals surface area (Å²) in [5, 5.41) is 7.31. The molecule has 2 N–H and O–H groups in total. The highest BCUT2D eigenvalue weighted by Gasteiger charge is 2.17. The molecule has 2 aromatic rings. The number of hydrogen-bond acceptors (Lipinski definition) is 5. The minimum absolute atomic E-state index is 0.319. The van der Waals surface area contributed by atoms with Crippen molar-refractivity contribution in [1.29, 1.82) is 0 Å². The second-order valence-electron chi connectivity index (χ2n) is 4.59. The van der Waals surface area contributed by atoms with E-state index in [0.29, 0.717) is 23.0 Å². The number of aryl methyl sites for hydroxylation is 1. The molecule has 0 radical (unpaired) electrons. The fourth-order valence-corrected chi connectivity index (χ4v) is 4.13. The Morgan fingerprint density at radius 3 is 2.81 bits per heavy atom. The molecule has 8 heteroatoms. The maximum atomic E-state index is 12.3. The smallest absolute Gasteiger partial charge is 0.271 e. The third-order valence-corrected chi connectivity index (χ3v) is 5.80. The summed E-state index contributed by atoms with van der Waals surface area (Å²) in [6.07, 6.45) is 4.24. The molecule has 0 bridgehead atoms. The molecular weight excluding hydrogens is 308 g/mol. The van der Waals surface area contributed by atoms with Gasteiger partial charge in [-0.15, -0.1) is 11.3 Å². The molecule has 2 aromatic heterocycles. The molecule has 0 fully saturated rings. The maximum absolute atomic E-state index is 12.3. The Morgan fingerprint density at radius 1 is 1.33 bits per heavy atom. The molecule has 0 amide bonds. The van der Waals surface area contributed by atoms with Crippen LogP contribution in [-0.2, 0) is 23.1 Å². The second-order valence-corrected chi connectivity index (χ2v) is 7.67. The number of aromatic nitrogens is 2. The summed E-state index contributed by atoms with van der Waals surface area (Å²) in [6.45, 7) is 6.36. The lowest BCUT2D eigenvalue weighted by Crippen LogP contribution is -2.13. The number of nitrogens with one attached hydrogen (secondary N) is 2. The van der Waals surface area contributed by atoms with Gasteiger partial charge >= 0.3 is 0 Å². The predicted molar refractivity (Wildman–Crippen MR) is 85.0 cm³/mol. The van der Waals surface area contributed by atoms with Crippen molar-refractivity contribution in [1.82, 2.24) is 15.1 Å². The van der Waals surface area contributed by atoms with E-state index in [4.69, 9.17) is 0 Å². The second kappa shape index (κ2) is 7.06. The van der Waals surface area contributed by atoms with Crippen molar-refractivity contribution in [3.63, 3.8) is 0 Å². The SMILES string of the molecule is CCCNCc1ccc(S(=O)(=O)Nc2cnn(CC)c2)s1. The largest absolute Gasteiger partial charge is 0.312 e.